The maximum atomic E-state index is 6.10. The number of anilines is 1. The quantitative estimate of drug-likeness (QED) is 0.594. The van der Waals surface area contributed by atoms with Gasteiger partial charge in [-0.25, -0.2) is 0 Å². The van der Waals surface area contributed by atoms with E-state index in [0.717, 1.165) is 20.3 Å². The Morgan fingerprint density at radius 3 is 2.57 bits per heavy atom. The largest absolute Gasteiger partial charge is 0.380 e. The van der Waals surface area contributed by atoms with E-state index in [2.05, 4.69) is 27.7 Å². The van der Waals surface area contributed by atoms with Gasteiger partial charge in [0, 0.05) is 14.2 Å². The first-order valence-electron chi connectivity index (χ1n) is 6.34. The van der Waals surface area contributed by atoms with Gasteiger partial charge >= 0.3 is 0 Å². The van der Waals surface area contributed by atoms with E-state index in [1.54, 1.807) is 0 Å². The average molecular weight is 411 g/mol. The van der Waals surface area contributed by atoms with Crippen molar-refractivity contribution in [1.29, 1.82) is 0 Å². The Balaban J connectivity index is 2.21. The summed E-state index contributed by atoms with van der Waals surface area (Å²) in [7, 11) is 0. The van der Waals surface area contributed by atoms with Crippen molar-refractivity contribution in [3.05, 3.63) is 56.6 Å². The van der Waals surface area contributed by atoms with Gasteiger partial charge in [0.1, 0.15) is 0 Å². The molecule has 3 rings (SSSR count). The summed E-state index contributed by atoms with van der Waals surface area (Å²) in [6.45, 7) is 2.04. The lowest BCUT2D eigenvalue weighted by Crippen LogP contribution is -1.90. The first-order valence-corrected chi connectivity index (χ1v) is 7.79. The molecule has 2 N–H and O–H groups in total. The summed E-state index contributed by atoms with van der Waals surface area (Å²) in [4.78, 5) is 0. The number of hydrogen-bond donors (Lipinski definition) is 1. The third-order valence-corrected chi connectivity index (χ3v) is 4.41. The molecule has 5 heteroatoms. The Hall–Kier alpha value is -1.53. The minimum absolute atomic E-state index is 0.379. The van der Waals surface area contributed by atoms with Crippen molar-refractivity contribution in [3.8, 4) is 22.5 Å². The van der Waals surface area contributed by atoms with Crippen molar-refractivity contribution in [2.75, 3.05) is 5.73 Å². The molecule has 0 saturated heterocycles. The molecule has 3 aromatic rings. The highest BCUT2D eigenvalue weighted by Crippen LogP contribution is 2.39. The molecule has 0 aliphatic heterocycles. The summed E-state index contributed by atoms with van der Waals surface area (Å²) in [5, 5.41) is 4.57. The van der Waals surface area contributed by atoms with Crippen LogP contribution in [-0.4, -0.2) is 5.16 Å². The predicted molar refractivity (Wildman–Crippen MR) is 94.3 cm³/mol. The van der Waals surface area contributed by atoms with Crippen molar-refractivity contribution in [2.24, 2.45) is 0 Å². The molecule has 0 amide bonds. The van der Waals surface area contributed by atoms with Crippen molar-refractivity contribution >= 4 is 40.0 Å². The number of hydrogen-bond acceptors (Lipinski definition) is 3. The molecule has 2 aromatic carbocycles. The van der Waals surface area contributed by atoms with Gasteiger partial charge in [-0.05, 0) is 53.3 Å². The van der Waals surface area contributed by atoms with Crippen molar-refractivity contribution < 1.29 is 4.52 Å². The van der Waals surface area contributed by atoms with Crippen LogP contribution in [0.4, 0.5) is 5.82 Å². The van der Waals surface area contributed by atoms with E-state index < -0.39 is 0 Å². The average Bonchev–Trinajstić information content (AvgIpc) is 2.84. The lowest BCUT2D eigenvalue weighted by Gasteiger charge is -2.06. The smallest absolute Gasteiger partial charge is 0.178 e. The van der Waals surface area contributed by atoms with Crippen LogP contribution in [0.1, 0.15) is 5.56 Å². The van der Waals surface area contributed by atoms with E-state index in [0.29, 0.717) is 16.6 Å². The monoisotopic (exact) mass is 410 g/mol. The van der Waals surface area contributed by atoms with Crippen LogP contribution in [0.15, 0.2) is 47.0 Å². The van der Waals surface area contributed by atoms with Gasteiger partial charge in [0.15, 0.2) is 11.6 Å². The number of rotatable bonds is 2. The number of aryl methyl sites for hydroxylation is 1. The van der Waals surface area contributed by atoms with E-state index in [1.165, 1.54) is 5.56 Å². The minimum atomic E-state index is 0.379. The Labute approximate surface area is 141 Å². The normalized spacial score (nSPS) is 10.8. The molecule has 0 atom stereocenters. The summed E-state index contributed by atoms with van der Waals surface area (Å²) in [5.41, 5.74) is 9.85. The van der Waals surface area contributed by atoms with E-state index in [4.69, 9.17) is 21.9 Å². The van der Waals surface area contributed by atoms with Crippen molar-refractivity contribution in [1.82, 2.24) is 5.16 Å². The molecule has 0 unspecified atom stereocenters. The second-order valence-electron chi connectivity index (χ2n) is 4.76. The molecule has 1 aromatic heterocycles. The highest BCUT2D eigenvalue weighted by atomic mass is 127. The Morgan fingerprint density at radius 2 is 1.86 bits per heavy atom. The van der Waals surface area contributed by atoms with E-state index >= 15 is 0 Å². The maximum absolute atomic E-state index is 6.10. The van der Waals surface area contributed by atoms with Gasteiger partial charge in [-0.2, -0.15) is 0 Å². The molecule has 1 heterocycles. The van der Waals surface area contributed by atoms with E-state index in [-0.39, 0.29) is 0 Å². The number of nitrogens with zero attached hydrogens (tertiary/aromatic N) is 1. The first-order chi connectivity index (χ1) is 10.1. The van der Waals surface area contributed by atoms with Crippen LogP contribution in [0, 0.1) is 10.5 Å². The summed E-state index contributed by atoms with van der Waals surface area (Å²) in [6, 6.07) is 13.7. The molecule has 0 aliphatic rings. The molecule has 3 nitrogen and oxygen atoms in total. The minimum Gasteiger partial charge on any atom is -0.380 e. The fraction of sp³-hybridized carbons (Fsp3) is 0.0625. The second kappa shape index (κ2) is 5.69. The lowest BCUT2D eigenvalue weighted by molar-refractivity contribution is 0.436. The standard InChI is InChI=1S/C16H12ClIN2O/c1-9-2-4-10(5-3-9)14-15(21-20-16(14)19)12-8-11(17)6-7-13(12)18/h2-8H,1H3,(H2,19,20). The molecule has 106 valence electrons. The molecule has 0 fully saturated rings. The topological polar surface area (TPSA) is 52.0 Å². The predicted octanol–water partition coefficient (Wildman–Crippen LogP) is 5.16. The number of aromatic nitrogens is 1. The molecule has 0 radical (unpaired) electrons. The van der Waals surface area contributed by atoms with Crippen molar-refractivity contribution in [2.45, 2.75) is 6.92 Å². The molecule has 0 bridgehead atoms. The van der Waals surface area contributed by atoms with Crippen LogP contribution in [-0.2, 0) is 0 Å². The third-order valence-electron chi connectivity index (χ3n) is 3.23. The highest BCUT2D eigenvalue weighted by molar-refractivity contribution is 14.1. The van der Waals surface area contributed by atoms with Crippen LogP contribution in [0.2, 0.25) is 5.02 Å². The maximum Gasteiger partial charge on any atom is 0.178 e. The fourth-order valence-electron chi connectivity index (χ4n) is 2.16. The highest BCUT2D eigenvalue weighted by Gasteiger charge is 2.19. The van der Waals surface area contributed by atoms with Crippen LogP contribution >= 0.6 is 34.2 Å². The van der Waals surface area contributed by atoms with Gasteiger partial charge in [-0.15, -0.1) is 0 Å². The molecule has 0 aliphatic carbocycles. The van der Waals surface area contributed by atoms with Crippen molar-refractivity contribution in [3.63, 3.8) is 0 Å². The summed E-state index contributed by atoms with van der Waals surface area (Å²) in [5.74, 6) is 1.02. The van der Waals surface area contributed by atoms with Crippen LogP contribution in [0.25, 0.3) is 22.5 Å². The zero-order valence-corrected chi connectivity index (χ0v) is 14.1. The van der Waals surface area contributed by atoms with Gasteiger partial charge < -0.3 is 10.3 Å². The van der Waals surface area contributed by atoms with Gasteiger partial charge in [0.05, 0.1) is 5.56 Å². The zero-order valence-electron chi connectivity index (χ0n) is 11.2. The molecule has 0 spiro atoms. The lowest BCUT2D eigenvalue weighted by atomic mass is 10.0. The van der Waals surface area contributed by atoms with Gasteiger partial charge in [-0.3, -0.25) is 0 Å². The summed E-state index contributed by atoms with van der Waals surface area (Å²) in [6.07, 6.45) is 0. The molecule has 0 saturated carbocycles. The molecule has 21 heavy (non-hydrogen) atoms. The Kier molecular flexibility index (Phi) is 3.91. The third kappa shape index (κ3) is 2.78. The van der Waals surface area contributed by atoms with Crippen LogP contribution in [0.3, 0.4) is 0 Å². The number of nitrogen functional groups attached to an aromatic ring is 1. The Bertz CT molecular complexity index is 797. The van der Waals surface area contributed by atoms with Crippen LogP contribution in [0.5, 0.6) is 0 Å². The van der Waals surface area contributed by atoms with Gasteiger partial charge in [0.2, 0.25) is 0 Å². The SMILES string of the molecule is Cc1ccc(-c2c(N)noc2-c2cc(Cl)ccc2I)cc1. The number of halogens is 2. The molecular formula is C16H12ClIN2O. The first kappa shape index (κ1) is 14.4. The van der Waals surface area contributed by atoms with Crippen LogP contribution < -0.4 is 5.73 Å². The number of nitrogens with two attached hydrogens (primary N) is 1. The van der Waals surface area contributed by atoms with Gasteiger partial charge in [0.25, 0.3) is 0 Å². The summed E-state index contributed by atoms with van der Waals surface area (Å²) < 4.78 is 6.49. The fourth-order valence-corrected chi connectivity index (χ4v) is 2.91. The van der Waals surface area contributed by atoms with Gasteiger partial charge in [-0.1, -0.05) is 46.6 Å². The van der Waals surface area contributed by atoms with E-state index in [1.807, 2.05) is 49.4 Å². The van der Waals surface area contributed by atoms with E-state index in [9.17, 15) is 0 Å². The Morgan fingerprint density at radius 1 is 1.14 bits per heavy atom. The molecular weight excluding hydrogens is 399 g/mol. The zero-order chi connectivity index (χ0) is 15.0. The second-order valence-corrected chi connectivity index (χ2v) is 6.36. The number of benzene rings is 2. The summed E-state index contributed by atoms with van der Waals surface area (Å²) >= 11 is 8.34.